The predicted molar refractivity (Wildman–Crippen MR) is 333 cm³/mol. The van der Waals surface area contributed by atoms with Crippen LogP contribution in [0.4, 0.5) is 5.69 Å². The van der Waals surface area contributed by atoms with Gasteiger partial charge in [0.2, 0.25) is 6.79 Å². The molecule has 2 N–H and O–H groups in total. The number of para-hydroxylation sites is 1. The second-order valence-corrected chi connectivity index (χ2v) is 25.0. The summed E-state index contributed by atoms with van der Waals surface area (Å²) < 4.78 is 14.0. The molecule has 0 saturated heterocycles. The molecule has 0 aromatic heterocycles. The molecule has 1 aliphatic rings. The van der Waals surface area contributed by atoms with Crippen LogP contribution < -0.4 is 15.2 Å². The Bertz CT molecular complexity index is 3030. The molecule has 0 fully saturated rings. The molecule has 3 nitrogen and oxygen atoms in total. The van der Waals surface area contributed by atoms with E-state index in [1.54, 1.807) is 0 Å². The van der Waals surface area contributed by atoms with Crippen molar-refractivity contribution in [2.45, 2.75) is 184 Å². The Morgan fingerprint density at radius 1 is 0.355 bits per heavy atom. The largest absolute Gasteiger partial charge is 0.456 e. The van der Waals surface area contributed by atoms with Gasteiger partial charge in [0.15, 0.2) is 0 Å². The topological polar surface area (TPSA) is 44.5 Å². The lowest BCUT2D eigenvalue weighted by molar-refractivity contribution is 0.126. The fourth-order valence-electron chi connectivity index (χ4n) is 11.1. The Morgan fingerprint density at radius 3 is 0.987 bits per heavy atom. The maximum atomic E-state index is 7.00. The number of benzene rings is 8. The SMILES string of the molecule is CC(C)(C)c1ccccc1.CC(C)c1cc(C(C)C)c(-c2cc3ccccc3c3c2OCOc2c(-c4c(C(C)C)cc(C(C)C)cc4C(C)C)cc4ccccc4c2-3)c(C(C)C)c1.CC(C)c1cccc(C(C)C)c1N. The minimum absolute atomic E-state index is 0.132. The highest BCUT2D eigenvalue weighted by Crippen LogP contribution is 2.56. The second kappa shape index (κ2) is 23.9. The lowest BCUT2D eigenvalue weighted by Gasteiger charge is -2.26. The third-order valence-corrected chi connectivity index (χ3v) is 15.5. The molecule has 400 valence electrons. The number of hydrogen-bond donors (Lipinski definition) is 1. The first-order valence-corrected chi connectivity index (χ1v) is 28.6. The molecule has 0 saturated carbocycles. The van der Waals surface area contributed by atoms with Crippen LogP contribution in [0.1, 0.15) is 229 Å². The smallest absolute Gasteiger partial charge is 0.231 e. The summed E-state index contributed by atoms with van der Waals surface area (Å²) in [6.45, 7) is 43.3. The van der Waals surface area contributed by atoms with Crippen LogP contribution in [0, 0.1) is 0 Å². The lowest BCUT2D eigenvalue weighted by Crippen LogP contribution is -2.10. The summed E-state index contributed by atoms with van der Waals surface area (Å²) in [6.07, 6.45) is 0. The van der Waals surface area contributed by atoms with Gasteiger partial charge in [0.05, 0.1) is 0 Å². The van der Waals surface area contributed by atoms with Crippen molar-refractivity contribution >= 4 is 27.2 Å². The quantitative estimate of drug-likeness (QED) is 0.139. The molecule has 0 aliphatic carbocycles. The number of nitrogen functional groups attached to an aromatic ring is 1. The van der Waals surface area contributed by atoms with E-state index in [0.29, 0.717) is 52.8 Å². The maximum absolute atomic E-state index is 7.00. The van der Waals surface area contributed by atoms with Gasteiger partial charge in [-0.1, -0.05) is 253 Å². The fourth-order valence-corrected chi connectivity index (χ4v) is 11.1. The molecule has 1 aliphatic heterocycles. The van der Waals surface area contributed by atoms with E-state index in [0.717, 1.165) is 39.4 Å². The highest BCUT2D eigenvalue weighted by molar-refractivity contribution is 6.15. The Labute approximate surface area is 459 Å². The van der Waals surface area contributed by atoms with Crippen molar-refractivity contribution in [1.82, 2.24) is 0 Å². The standard InChI is InChI=1S/C51H58O2.C12H19N.C10H14/c1-28(2)36-23-40(30(5)6)46(41(24-36)31(7)8)44-21-34-17-13-15-19-38(34)48-49-39-20-16-14-18-35(39)22-45(51(49)53-27-52-50(44)48)47-42(32(9)10)25-37(29(3)4)26-43(47)33(11)12;1-8(2)10-6-5-7-11(9(3)4)12(10)13;1-10(2,3)9-7-5-4-6-8-9/h13-26,28-33H,27H2,1-12H3;5-9H,13H2,1-4H3;4-8H,1-3H3. The van der Waals surface area contributed by atoms with Crippen molar-refractivity contribution in [3.05, 3.63) is 184 Å². The molecule has 3 heteroatoms. The second-order valence-electron chi connectivity index (χ2n) is 25.0. The Hall–Kier alpha value is -6.32. The molecule has 0 atom stereocenters. The van der Waals surface area contributed by atoms with Gasteiger partial charge in [-0.2, -0.15) is 0 Å². The van der Waals surface area contributed by atoms with Crippen molar-refractivity contribution in [2.75, 3.05) is 12.5 Å². The molecular weight excluding hydrogens is 923 g/mol. The summed E-state index contributed by atoms with van der Waals surface area (Å²) in [4.78, 5) is 0. The molecule has 0 spiro atoms. The van der Waals surface area contributed by atoms with E-state index in [1.807, 2.05) is 0 Å². The van der Waals surface area contributed by atoms with Crippen molar-refractivity contribution in [3.63, 3.8) is 0 Å². The van der Waals surface area contributed by atoms with Crippen molar-refractivity contribution in [2.24, 2.45) is 0 Å². The summed E-state index contributed by atoms with van der Waals surface area (Å²) >= 11 is 0. The van der Waals surface area contributed by atoms with Crippen LogP contribution in [0.3, 0.4) is 0 Å². The van der Waals surface area contributed by atoms with Gasteiger partial charge in [0.25, 0.3) is 0 Å². The summed E-state index contributed by atoms with van der Waals surface area (Å²) in [5.41, 5.74) is 26.7. The van der Waals surface area contributed by atoms with Crippen molar-refractivity contribution in [1.29, 1.82) is 0 Å². The van der Waals surface area contributed by atoms with Crippen LogP contribution in [-0.4, -0.2) is 6.79 Å². The molecule has 1 heterocycles. The molecule has 8 aromatic rings. The van der Waals surface area contributed by atoms with Gasteiger partial charge >= 0.3 is 0 Å². The van der Waals surface area contributed by atoms with Crippen LogP contribution >= 0.6 is 0 Å². The van der Waals surface area contributed by atoms with Gasteiger partial charge in [0, 0.05) is 27.9 Å². The van der Waals surface area contributed by atoms with E-state index in [4.69, 9.17) is 15.2 Å². The zero-order valence-corrected chi connectivity index (χ0v) is 49.9. The lowest BCUT2D eigenvalue weighted by atomic mass is 9.78. The molecule has 8 aromatic carbocycles. The first-order chi connectivity index (χ1) is 35.9. The Balaban J connectivity index is 0.000000300. The molecular formula is C73H91NO2. The van der Waals surface area contributed by atoms with Gasteiger partial charge in [-0.15, -0.1) is 0 Å². The monoisotopic (exact) mass is 1010 g/mol. The molecule has 9 rings (SSSR count). The highest BCUT2D eigenvalue weighted by Gasteiger charge is 2.32. The average molecular weight is 1010 g/mol. The number of nitrogens with two attached hydrogens (primary N) is 1. The fraction of sp³-hybridized carbons (Fsp3) is 0.397. The van der Waals surface area contributed by atoms with E-state index in [1.165, 1.54) is 82.7 Å². The van der Waals surface area contributed by atoms with E-state index in [9.17, 15) is 0 Å². The zero-order valence-electron chi connectivity index (χ0n) is 49.9. The minimum Gasteiger partial charge on any atom is -0.456 e. The molecule has 76 heavy (non-hydrogen) atoms. The number of anilines is 1. The van der Waals surface area contributed by atoms with E-state index >= 15 is 0 Å². The predicted octanol–water partition coefficient (Wildman–Crippen LogP) is 22.0. The Morgan fingerprint density at radius 2 is 0.684 bits per heavy atom. The first-order valence-electron chi connectivity index (χ1n) is 28.6. The van der Waals surface area contributed by atoms with Crippen LogP contribution in [0.15, 0.2) is 133 Å². The van der Waals surface area contributed by atoms with Crippen molar-refractivity contribution < 1.29 is 9.47 Å². The van der Waals surface area contributed by atoms with Crippen LogP contribution in [0.2, 0.25) is 0 Å². The van der Waals surface area contributed by atoms with Gasteiger partial charge in [-0.05, 0) is 148 Å². The average Bonchev–Trinajstić information content (AvgIpc) is 3.62. The van der Waals surface area contributed by atoms with Gasteiger partial charge < -0.3 is 15.2 Å². The van der Waals surface area contributed by atoms with Crippen LogP contribution in [0.25, 0.3) is 54.9 Å². The summed E-state index contributed by atoms with van der Waals surface area (Å²) in [5.74, 6) is 5.07. The normalized spacial score (nSPS) is 12.5. The maximum Gasteiger partial charge on any atom is 0.231 e. The Kier molecular flexibility index (Phi) is 18.1. The third kappa shape index (κ3) is 12.1. The van der Waals surface area contributed by atoms with Crippen molar-refractivity contribution in [3.8, 4) is 44.9 Å². The van der Waals surface area contributed by atoms with Crippen LogP contribution in [-0.2, 0) is 5.41 Å². The number of hydrogen-bond acceptors (Lipinski definition) is 3. The van der Waals surface area contributed by atoms with Gasteiger partial charge in [-0.25, -0.2) is 0 Å². The first kappa shape index (κ1) is 57.4. The molecule has 0 amide bonds. The summed E-state index contributed by atoms with van der Waals surface area (Å²) in [5, 5.41) is 4.77. The summed E-state index contributed by atoms with van der Waals surface area (Å²) in [7, 11) is 0. The molecule has 0 bridgehead atoms. The number of fused-ring (bicyclic) bond motifs is 7. The van der Waals surface area contributed by atoms with Crippen LogP contribution in [0.5, 0.6) is 11.5 Å². The van der Waals surface area contributed by atoms with E-state index in [2.05, 4.69) is 265 Å². The van der Waals surface area contributed by atoms with E-state index < -0.39 is 0 Å². The molecule has 0 radical (unpaired) electrons. The highest BCUT2D eigenvalue weighted by atomic mass is 16.7. The molecule has 0 unspecified atom stereocenters. The van der Waals surface area contributed by atoms with Gasteiger partial charge in [0.1, 0.15) is 11.5 Å². The van der Waals surface area contributed by atoms with Gasteiger partial charge in [-0.3, -0.25) is 0 Å². The zero-order chi connectivity index (χ0) is 55.5. The third-order valence-electron chi connectivity index (χ3n) is 15.5. The van der Waals surface area contributed by atoms with E-state index in [-0.39, 0.29) is 6.79 Å². The minimum atomic E-state index is 0.132. The number of ether oxygens (including phenoxy) is 2. The number of rotatable bonds is 10. The summed E-state index contributed by atoms with van der Waals surface area (Å²) in [6, 6.07) is 49.2.